The zero-order chi connectivity index (χ0) is 36.2. The summed E-state index contributed by atoms with van der Waals surface area (Å²) in [6.45, 7) is 4.11. The molecule has 0 bridgehead atoms. The number of carbonyl (C=O) groups excluding carboxylic acids is 2. The van der Waals surface area contributed by atoms with Gasteiger partial charge in [-0.25, -0.2) is 14.5 Å². The number of anilines is 1. The summed E-state index contributed by atoms with van der Waals surface area (Å²) >= 11 is 0. The zero-order valence-electron chi connectivity index (χ0n) is 28.6. The topological polar surface area (TPSA) is 104 Å². The molecule has 268 valence electrons. The van der Waals surface area contributed by atoms with Gasteiger partial charge < -0.3 is 19.9 Å². The van der Waals surface area contributed by atoms with Crippen LogP contribution in [-0.2, 0) is 33.5 Å². The van der Waals surface area contributed by atoms with Gasteiger partial charge in [-0.2, -0.15) is 13.2 Å². The highest BCUT2D eigenvalue weighted by Gasteiger charge is 2.34. The molecule has 7 rings (SSSR count). The van der Waals surface area contributed by atoms with E-state index in [1.165, 1.54) is 17.9 Å². The van der Waals surface area contributed by atoms with Crippen molar-refractivity contribution in [3.8, 4) is 0 Å². The maximum atomic E-state index is 14.0. The minimum absolute atomic E-state index is 0.0288. The summed E-state index contributed by atoms with van der Waals surface area (Å²) in [5.41, 5.74) is 4.14. The maximum Gasteiger partial charge on any atom is 0.416 e. The molecule has 10 nitrogen and oxygen atoms in total. The van der Waals surface area contributed by atoms with Gasteiger partial charge in [-0.3, -0.25) is 9.59 Å². The molecule has 0 spiro atoms. The lowest BCUT2D eigenvalue weighted by atomic mass is 9.98. The van der Waals surface area contributed by atoms with E-state index in [-0.39, 0.29) is 24.4 Å². The molecule has 4 heterocycles. The van der Waals surface area contributed by atoms with E-state index in [1.807, 2.05) is 66.7 Å². The van der Waals surface area contributed by atoms with Gasteiger partial charge in [-0.05, 0) is 37.0 Å². The quantitative estimate of drug-likeness (QED) is 0.143. The molecular formula is C39H38F3N7O3. The second-order valence-electron chi connectivity index (χ2n) is 12.9. The van der Waals surface area contributed by atoms with Crippen molar-refractivity contribution in [2.75, 3.05) is 37.7 Å². The molecular weight excluding hydrogens is 671 g/mol. The monoisotopic (exact) mass is 709 g/mol. The van der Waals surface area contributed by atoms with Gasteiger partial charge in [-0.1, -0.05) is 72.8 Å². The lowest BCUT2D eigenvalue weighted by Gasteiger charge is -2.28. The number of hydrogen-bond donors (Lipinski definition) is 1. The molecule has 2 aliphatic rings. The first kappa shape index (κ1) is 34.9. The van der Waals surface area contributed by atoms with Crippen LogP contribution in [0.5, 0.6) is 0 Å². The first-order valence-corrected chi connectivity index (χ1v) is 17.3. The predicted molar refractivity (Wildman–Crippen MR) is 191 cm³/mol. The fourth-order valence-corrected chi connectivity index (χ4v) is 6.89. The molecule has 2 amide bonds. The van der Waals surface area contributed by atoms with E-state index in [4.69, 9.17) is 19.8 Å². The molecule has 2 fully saturated rings. The van der Waals surface area contributed by atoms with E-state index in [2.05, 4.69) is 10.2 Å². The van der Waals surface area contributed by atoms with Gasteiger partial charge in [0.05, 0.1) is 42.4 Å². The fraction of sp³-hybridized carbons (Fsp3) is 0.308. The van der Waals surface area contributed by atoms with E-state index < -0.39 is 17.8 Å². The van der Waals surface area contributed by atoms with Crippen LogP contribution in [0, 0.1) is 6.92 Å². The molecule has 5 aromatic rings. The highest BCUT2D eigenvalue weighted by molar-refractivity contribution is 6.14. The summed E-state index contributed by atoms with van der Waals surface area (Å²) in [7, 11) is 0. The Morgan fingerprint density at radius 1 is 0.981 bits per heavy atom. The standard InChI is InChI=1S/C39H38F3N7O3/c1-26-29(14-8-15-30(26)39(40,41)42)22-34-32(24-43-38(51)33-16-9-17-48(33)25-50)45-37-31(23-35(46-49(34)37)47-18-20-52-21-19-47)44-36(27-10-4-2-5-11-27)28-12-6-3-7-13-28/h2-8,10-15,23,25,33H,9,16-22,24H2,1H3,(H,43,51). The number of aliphatic imine (C=N–C) groups is 1. The van der Waals surface area contributed by atoms with Crippen molar-refractivity contribution in [2.24, 2.45) is 4.99 Å². The van der Waals surface area contributed by atoms with Crippen LogP contribution >= 0.6 is 0 Å². The van der Waals surface area contributed by atoms with Crippen LogP contribution in [0.4, 0.5) is 24.7 Å². The van der Waals surface area contributed by atoms with Crippen molar-refractivity contribution in [1.82, 2.24) is 24.8 Å². The Morgan fingerprint density at radius 2 is 1.67 bits per heavy atom. The Hall–Kier alpha value is -5.56. The van der Waals surface area contributed by atoms with Crippen LogP contribution in [0.15, 0.2) is 89.9 Å². The van der Waals surface area contributed by atoms with Crippen LogP contribution in [0.25, 0.3) is 5.65 Å². The molecule has 13 heteroatoms. The maximum absolute atomic E-state index is 14.0. The molecule has 0 saturated carbocycles. The van der Waals surface area contributed by atoms with E-state index in [1.54, 1.807) is 10.6 Å². The Morgan fingerprint density at radius 3 is 2.33 bits per heavy atom. The summed E-state index contributed by atoms with van der Waals surface area (Å²) in [6, 6.07) is 25.0. The number of fused-ring (bicyclic) bond motifs is 1. The van der Waals surface area contributed by atoms with E-state index >= 15 is 0 Å². The van der Waals surface area contributed by atoms with Gasteiger partial charge in [0.25, 0.3) is 0 Å². The van der Waals surface area contributed by atoms with Crippen molar-refractivity contribution in [1.29, 1.82) is 0 Å². The number of rotatable bonds is 10. The summed E-state index contributed by atoms with van der Waals surface area (Å²) in [4.78, 5) is 38.8. The van der Waals surface area contributed by atoms with Gasteiger partial charge in [0.2, 0.25) is 12.3 Å². The fourth-order valence-electron chi connectivity index (χ4n) is 6.89. The number of hydrogen-bond acceptors (Lipinski definition) is 7. The number of imidazole rings is 1. The highest BCUT2D eigenvalue weighted by Crippen LogP contribution is 2.35. The second-order valence-corrected chi connectivity index (χ2v) is 12.9. The number of aromatic nitrogens is 3. The van der Waals surface area contributed by atoms with Crippen LogP contribution in [0.3, 0.4) is 0 Å². The molecule has 2 saturated heterocycles. The zero-order valence-corrected chi connectivity index (χ0v) is 28.6. The average Bonchev–Trinajstić information content (AvgIpc) is 3.79. The summed E-state index contributed by atoms with van der Waals surface area (Å²) in [5.74, 6) is 0.288. The second kappa shape index (κ2) is 15.0. The van der Waals surface area contributed by atoms with Crippen molar-refractivity contribution in [3.63, 3.8) is 0 Å². The number of halogens is 3. The minimum atomic E-state index is -4.53. The molecule has 2 aromatic heterocycles. The van der Waals surface area contributed by atoms with E-state index in [0.717, 1.165) is 17.2 Å². The van der Waals surface area contributed by atoms with Crippen LogP contribution in [0.1, 0.15) is 52.0 Å². The van der Waals surface area contributed by atoms with Gasteiger partial charge in [-0.15, -0.1) is 5.10 Å². The summed E-state index contributed by atoms with van der Waals surface area (Å²) in [6.07, 6.45) is -2.54. The van der Waals surface area contributed by atoms with E-state index in [9.17, 15) is 22.8 Å². The number of benzene rings is 3. The third kappa shape index (κ3) is 7.26. The lowest BCUT2D eigenvalue weighted by molar-refractivity contribution is -0.138. The molecule has 1 N–H and O–H groups in total. The molecule has 0 radical (unpaired) electrons. The number of ether oxygens (including phenoxy) is 1. The Kier molecular flexibility index (Phi) is 10.0. The van der Waals surface area contributed by atoms with Gasteiger partial charge >= 0.3 is 6.18 Å². The number of alkyl halides is 3. The Balaban J connectivity index is 1.42. The molecule has 1 atom stereocenters. The Bertz CT molecular complexity index is 2050. The molecule has 3 aromatic carbocycles. The van der Waals surface area contributed by atoms with Crippen molar-refractivity contribution >= 4 is 35.2 Å². The molecule has 2 aliphatic heterocycles. The van der Waals surface area contributed by atoms with Crippen molar-refractivity contribution in [2.45, 2.75) is 44.9 Å². The van der Waals surface area contributed by atoms with E-state index in [0.29, 0.717) is 91.9 Å². The first-order chi connectivity index (χ1) is 25.2. The summed E-state index contributed by atoms with van der Waals surface area (Å²) < 4.78 is 49.4. The number of nitrogens with one attached hydrogen (secondary N) is 1. The average molecular weight is 710 g/mol. The van der Waals surface area contributed by atoms with Crippen LogP contribution in [0.2, 0.25) is 0 Å². The lowest BCUT2D eigenvalue weighted by Crippen LogP contribution is -2.42. The van der Waals surface area contributed by atoms with Gasteiger partial charge in [0.1, 0.15) is 11.7 Å². The minimum Gasteiger partial charge on any atom is -0.378 e. The largest absolute Gasteiger partial charge is 0.416 e. The molecule has 1 unspecified atom stereocenters. The van der Waals surface area contributed by atoms with Crippen molar-refractivity contribution < 1.29 is 27.5 Å². The third-order valence-corrected chi connectivity index (χ3v) is 9.66. The third-order valence-electron chi connectivity index (χ3n) is 9.66. The van der Waals surface area contributed by atoms with Crippen molar-refractivity contribution in [3.05, 3.63) is 124 Å². The first-order valence-electron chi connectivity index (χ1n) is 17.3. The summed E-state index contributed by atoms with van der Waals surface area (Å²) in [5, 5.41) is 7.97. The number of morpholine rings is 1. The number of carbonyl (C=O) groups is 2. The van der Waals surface area contributed by atoms with Gasteiger partial charge in [0, 0.05) is 43.2 Å². The Labute approximate surface area is 298 Å². The van der Waals surface area contributed by atoms with Crippen LogP contribution in [-0.4, -0.2) is 76.4 Å². The number of amides is 2. The highest BCUT2D eigenvalue weighted by atomic mass is 19.4. The number of likely N-dealkylation sites (tertiary alicyclic amines) is 1. The molecule has 52 heavy (non-hydrogen) atoms. The molecule has 0 aliphatic carbocycles. The number of nitrogens with zero attached hydrogens (tertiary/aromatic N) is 6. The normalized spacial score (nSPS) is 16.3. The van der Waals surface area contributed by atoms with Gasteiger partial charge in [0.15, 0.2) is 11.5 Å². The van der Waals surface area contributed by atoms with Crippen LogP contribution < -0.4 is 10.2 Å². The predicted octanol–water partition coefficient (Wildman–Crippen LogP) is 5.89. The SMILES string of the molecule is Cc1c(Cc2c(CNC(=O)C3CCCN3C=O)nc3c(N=C(c4ccccc4)c4ccccc4)cc(N4CCOCC4)nn23)cccc1C(F)(F)F. The smallest absolute Gasteiger partial charge is 0.378 e.